The lowest BCUT2D eigenvalue weighted by Crippen LogP contribution is -2.46. The van der Waals surface area contributed by atoms with Gasteiger partial charge in [0.1, 0.15) is 0 Å². The molecule has 3 aliphatic rings. The van der Waals surface area contributed by atoms with Crippen LogP contribution in [-0.4, -0.2) is 46.8 Å². The minimum atomic E-state index is -0.0800. The highest BCUT2D eigenvalue weighted by Gasteiger charge is 2.41. The fourth-order valence-corrected chi connectivity index (χ4v) is 4.13. The van der Waals surface area contributed by atoms with Gasteiger partial charge in [-0.15, -0.1) is 0 Å². The number of carbonyl (C=O) groups excluding carboxylic acids is 2. The van der Waals surface area contributed by atoms with Crippen LogP contribution < -0.4 is 0 Å². The van der Waals surface area contributed by atoms with Crippen LogP contribution >= 0.6 is 0 Å². The van der Waals surface area contributed by atoms with Gasteiger partial charge < -0.3 is 9.80 Å². The monoisotopic (exact) mass is 278 g/mol. The summed E-state index contributed by atoms with van der Waals surface area (Å²) in [5.41, 5.74) is 0. The summed E-state index contributed by atoms with van der Waals surface area (Å²) >= 11 is 0. The molecule has 112 valence electrons. The van der Waals surface area contributed by atoms with Crippen molar-refractivity contribution in [2.75, 3.05) is 13.1 Å². The number of piperidine rings is 1. The van der Waals surface area contributed by atoms with Crippen molar-refractivity contribution in [3.63, 3.8) is 0 Å². The zero-order chi connectivity index (χ0) is 14.1. The Morgan fingerprint density at radius 1 is 1.10 bits per heavy atom. The van der Waals surface area contributed by atoms with Gasteiger partial charge in [-0.1, -0.05) is 12.8 Å². The highest BCUT2D eigenvalue weighted by molar-refractivity contribution is 5.89. The van der Waals surface area contributed by atoms with Gasteiger partial charge in [0, 0.05) is 31.6 Å². The number of likely N-dealkylation sites (tertiary alicyclic amines) is 2. The quantitative estimate of drug-likeness (QED) is 0.777. The normalized spacial score (nSPS) is 32.1. The molecule has 2 unspecified atom stereocenters. The molecule has 3 rings (SSSR count). The molecule has 0 N–H and O–H groups in total. The molecular weight excluding hydrogens is 252 g/mol. The van der Waals surface area contributed by atoms with Crippen LogP contribution in [0.2, 0.25) is 0 Å². The Morgan fingerprint density at radius 3 is 2.50 bits per heavy atom. The fraction of sp³-hybridized carbons (Fsp3) is 0.875. The molecule has 1 aliphatic carbocycles. The molecule has 0 radical (unpaired) electrons. The smallest absolute Gasteiger partial charge is 0.228 e. The van der Waals surface area contributed by atoms with E-state index in [2.05, 4.69) is 6.92 Å². The molecule has 4 nitrogen and oxygen atoms in total. The van der Waals surface area contributed by atoms with E-state index in [1.54, 1.807) is 0 Å². The Kier molecular flexibility index (Phi) is 3.99. The first-order chi connectivity index (χ1) is 9.66. The van der Waals surface area contributed by atoms with Crippen LogP contribution in [-0.2, 0) is 9.59 Å². The molecule has 0 spiro atoms. The van der Waals surface area contributed by atoms with Crippen molar-refractivity contribution in [1.82, 2.24) is 9.80 Å². The summed E-state index contributed by atoms with van der Waals surface area (Å²) in [6, 6.07) is 0.769. The molecule has 3 fully saturated rings. The maximum absolute atomic E-state index is 12.7. The third-order valence-electron chi connectivity index (χ3n) is 5.36. The molecule has 0 bridgehead atoms. The summed E-state index contributed by atoms with van der Waals surface area (Å²) in [6.07, 6.45) is 8.62. The number of amides is 2. The van der Waals surface area contributed by atoms with Crippen LogP contribution in [0.15, 0.2) is 0 Å². The van der Waals surface area contributed by atoms with E-state index in [9.17, 15) is 9.59 Å². The van der Waals surface area contributed by atoms with E-state index < -0.39 is 0 Å². The lowest BCUT2D eigenvalue weighted by molar-refractivity contribution is -0.139. The molecule has 2 heterocycles. The van der Waals surface area contributed by atoms with Crippen LogP contribution in [0, 0.1) is 5.92 Å². The Labute approximate surface area is 121 Å². The number of hydrogen-bond donors (Lipinski definition) is 0. The van der Waals surface area contributed by atoms with Crippen molar-refractivity contribution in [3.8, 4) is 0 Å². The highest BCUT2D eigenvalue weighted by atomic mass is 16.2. The summed E-state index contributed by atoms with van der Waals surface area (Å²) < 4.78 is 0. The second-order valence-electron chi connectivity index (χ2n) is 6.76. The van der Waals surface area contributed by atoms with Gasteiger partial charge in [0.25, 0.3) is 0 Å². The molecule has 2 saturated heterocycles. The maximum Gasteiger partial charge on any atom is 0.228 e. The summed E-state index contributed by atoms with van der Waals surface area (Å²) in [5.74, 6) is 0.356. The van der Waals surface area contributed by atoms with Crippen molar-refractivity contribution in [1.29, 1.82) is 0 Å². The molecule has 2 amide bonds. The minimum Gasteiger partial charge on any atom is -0.340 e. The average Bonchev–Trinajstić information content (AvgIpc) is 3.07. The first-order valence-electron chi connectivity index (χ1n) is 8.27. The van der Waals surface area contributed by atoms with Crippen LogP contribution in [0.5, 0.6) is 0 Å². The number of hydrogen-bond acceptors (Lipinski definition) is 2. The predicted molar refractivity (Wildman–Crippen MR) is 77.1 cm³/mol. The largest absolute Gasteiger partial charge is 0.340 e. The van der Waals surface area contributed by atoms with E-state index in [1.165, 1.54) is 19.3 Å². The van der Waals surface area contributed by atoms with Crippen molar-refractivity contribution in [2.24, 2.45) is 5.92 Å². The van der Waals surface area contributed by atoms with Gasteiger partial charge in [0.05, 0.1) is 5.92 Å². The van der Waals surface area contributed by atoms with Gasteiger partial charge in [-0.05, 0) is 39.0 Å². The molecule has 2 aliphatic heterocycles. The predicted octanol–water partition coefficient (Wildman–Crippen LogP) is 2.18. The number of rotatable bonds is 2. The third kappa shape index (κ3) is 2.57. The molecule has 0 aromatic carbocycles. The number of carbonyl (C=O) groups is 2. The standard InChI is InChI=1S/C16H26N2O2/c1-12-6-4-5-9-17(12)16(20)13-10-15(19)18(11-13)14-7-2-3-8-14/h12-14H,2-11H2,1H3. The van der Waals surface area contributed by atoms with Crippen molar-refractivity contribution in [3.05, 3.63) is 0 Å². The van der Waals surface area contributed by atoms with Gasteiger partial charge in [-0.3, -0.25) is 9.59 Å². The molecule has 0 aromatic heterocycles. The third-order valence-corrected chi connectivity index (χ3v) is 5.36. The molecule has 0 aromatic rings. The van der Waals surface area contributed by atoms with Crippen LogP contribution in [0.4, 0.5) is 0 Å². The van der Waals surface area contributed by atoms with Crippen LogP contribution in [0.1, 0.15) is 58.3 Å². The first-order valence-corrected chi connectivity index (χ1v) is 8.27. The lowest BCUT2D eigenvalue weighted by atomic mass is 9.99. The second-order valence-corrected chi connectivity index (χ2v) is 6.76. The van der Waals surface area contributed by atoms with Crippen molar-refractivity contribution in [2.45, 2.75) is 70.4 Å². The van der Waals surface area contributed by atoms with Gasteiger partial charge in [0.15, 0.2) is 0 Å². The van der Waals surface area contributed by atoms with E-state index in [-0.39, 0.29) is 17.7 Å². The SMILES string of the molecule is CC1CCCCN1C(=O)C1CC(=O)N(C2CCCC2)C1. The van der Waals surface area contributed by atoms with Crippen molar-refractivity contribution >= 4 is 11.8 Å². The molecule has 1 saturated carbocycles. The van der Waals surface area contributed by atoms with E-state index in [4.69, 9.17) is 0 Å². The van der Waals surface area contributed by atoms with Gasteiger partial charge >= 0.3 is 0 Å². The summed E-state index contributed by atoms with van der Waals surface area (Å²) in [7, 11) is 0. The summed E-state index contributed by atoms with van der Waals surface area (Å²) in [6.45, 7) is 3.70. The lowest BCUT2D eigenvalue weighted by Gasteiger charge is -2.35. The molecule has 4 heteroatoms. The molecule has 20 heavy (non-hydrogen) atoms. The minimum absolute atomic E-state index is 0.0800. The second kappa shape index (κ2) is 5.74. The van der Waals surface area contributed by atoms with Gasteiger partial charge in [-0.2, -0.15) is 0 Å². The zero-order valence-electron chi connectivity index (χ0n) is 12.5. The topological polar surface area (TPSA) is 40.6 Å². The van der Waals surface area contributed by atoms with E-state index >= 15 is 0 Å². The Hall–Kier alpha value is -1.06. The van der Waals surface area contributed by atoms with Gasteiger partial charge in [0.2, 0.25) is 11.8 Å². The van der Waals surface area contributed by atoms with Crippen LogP contribution in [0.25, 0.3) is 0 Å². The van der Waals surface area contributed by atoms with Crippen molar-refractivity contribution < 1.29 is 9.59 Å². The van der Waals surface area contributed by atoms with Gasteiger partial charge in [-0.25, -0.2) is 0 Å². The fourth-order valence-electron chi connectivity index (χ4n) is 4.13. The maximum atomic E-state index is 12.7. The Morgan fingerprint density at radius 2 is 1.80 bits per heavy atom. The Bertz CT molecular complexity index is 390. The molecular formula is C16H26N2O2. The number of nitrogens with zero attached hydrogens (tertiary/aromatic N) is 2. The zero-order valence-corrected chi connectivity index (χ0v) is 12.5. The summed E-state index contributed by atoms with van der Waals surface area (Å²) in [4.78, 5) is 28.9. The van der Waals surface area contributed by atoms with E-state index in [0.717, 1.165) is 32.2 Å². The highest BCUT2D eigenvalue weighted by Crippen LogP contribution is 2.31. The Balaban J connectivity index is 1.63. The first kappa shape index (κ1) is 13.9. The van der Waals surface area contributed by atoms with E-state index in [1.807, 2.05) is 9.80 Å². The summed E-state index contributed by atoms with van der Waals surface area (Å²) in [5, 5.41) is 0. The average molecular weight is 278 g/mol. The molecule has 2 atom stereocenters. The van der Waals surface area contributed by atoms with Crippen LogP contribution in [0.3, 0.4) is 0 Å². The van der Waals surface area contributed by atoms with E-state index in [0.29, 0.717) is 25.0 Å².